The number of rotatable bonds is 4. The number of fused-ring (bicyclic) bond motifs is 2. The van der Waals surface area contributed by atoms with Gasteiger partial charge in [-0.15, -0.1) is 0 Å². The van der Waals surface area contributed by atoms with E-state index in [2.05, 4.69) is 39.3 Å². The highest BCUT2D eigenvalue weighted by Gasteiger charge is 2.29. The Morgan fingerprint density at radius 2 is 0.694 bits per heavy atom. The third-order valence-corrected chi connectivity index (χ3v) is 10.9. The van der Waals surface area contributed by atoms with Crippen molar-refractivity contribution in [3.05, 3.63) is 90.2 Å². The number of hydrogen-bond acceptors (Lipinski definition) is 6. The fourth-order valence-corrected chi connectivity index (χ4v) is 7.12. The van der Waals surface area contributed by atoms with Gasteiger partial charge in [-0.1, -0.05) is 98.2 Å². The van der Waals surface area contributed by atoms with Gasteiger partial charge in [0.1, 0.15) is 0 Å². The first-order chi connectivity index (χ1) is 16.8. The van der Waals surface area contributed by atoms with E-state index in [1.165, 1.54) is 10.4 Å². The first-order valence-corrected chi connectivity index (χ1v) is 18.8. The molecule has 6 nitrogen and oxygen atoms in total. The lowest BCUT2D eigenvalue weighted by Crippen LogP contribution is -2.37. The number of hydrogen-bond donors (Lipinski definition) is 0. The SMILES string of the molecule is C[Si](C)(C)c1ccc(-c2c3c(=O)oc(=O)c3c(-c3ccc([Si](C)(C)C)cc3)c3c(=O)oc(=O)c23)cc1. The van der Waals surface area contributed by atoms with E-state index < -0.39 is 38.7 Å². The fourth-order valence-electron chi connectivity index (χ4n) is 4.79. The zero-order valence-electron chi connectivity index (χ0n) is 21.1. The van der Waals surface area contributed by atoms with Crippen molar-refractivity contribution in [3.63, 3.8) is 0 Å². The summed E-state index contributed by atoms with van der Waals surface area (Å²) in [7, 11) is -3.21. The second-order valence-electron chi connectivity index (χ2n) is 11.3. The topological polar surface area (TPSA) is 94.6 Å². The van der Waals surface area contributed by atoms with Gasteiger partial charge in [-0.3, -0.25) is 0 Å². The van der Waals surface area contributed by atoms with E-state index in [1.54, 1.807) is 0 Å². The van der Waals surface area contributed by atoms with Crippen LogP contribution in [-0.4, -0.2) is 16.1 Å². The zero-order chi connectivity index (χ0) is 26.2. The Labute approximate surface area is 208 Å². The molecule has 0 saturated heterocycles. The van der Waals surface area contributed by atoms with E-state index in [-0.39, 0.29) is 32.7 Å². The van der Waals surface area contributed by atoms with Crippen LogP contribution in [-0.2, 0) is 0 Å². The molecule has 0 N–H and O–H groups in total. The summed E-state index contributed by atoms with van der Waals surface area (Å²) >= 11 is 0. The molecular weight excluding hydrogens is 488 g/mol. The van der Waals surface area contributed by atoms with E-state index in [0.717, 1.165) is 0 Å². The van der Waals surface area contributed by atoms with Crippen LogP contribution in [0.2, 0.25) is 39.3 Å². The minimum absolute atomic E-state index is 0.00423. The van der Waals surface area contributed by atoms with Gasteiger partial charge in [0.2, 0.25) is 0 Å². The van der Waals surface area contributed by atoms with Crippen molar-refractivity contribution in [2.24, 2.45) is 0 Å². The Morgan fingerprint density at radius 1 is 0.444 bits per heavy atom. The normalized spacial score (nSPS) is 12.6. The van der Waals surface area contributed by atoms with Crippen LogP contribution in [0.4, 0.5) is 0 Å². The second-order valence-corrected chi connectivity index (χ2v) is 21.4. The predicted molar refractivity (Wildman–Crippen MR) is 150 cm³/mol. The second kappa shape index (κ2) is 7.94. The number of furan rings is 2. The summed E-state index contributed by atoms with van der Waals surface area (Å²) in [6.45, 7) is 13.3. The highest BCUT2D eigenvalue weighted by atomic mass is 28.3. The van der Waals surface area contributed by atoms with Crippen LogP contribution >= 0.6 is 0 Å². The molecule has 0 aliphatic rings. The molecule has 0 fully saturated rings. The van der Waals surface area contributed by atoms with Gasteiger partial charge in [-0.05, 0) is 11.1 Å². The van der Waals surface area contributed by atoms with Gasteiger partial charge in [0.15, 0.2) is 0 Å². The molecule has 0 aliphatic carbocycles. The Hall–Kier alpha value is -3.63. The highest BCUT2D eigenvalue weighted by molar-refractivity contribution is 6.89. The van der Waals surface area contributed by atoms with Crippen molar-refractivity contribution in [1.82, 2.24) is 0 Å². The maximum absolute atomic E-state index is 13.0. The van der Waals surface area contributed by atoms with E-state index in [9.17, 15) is 19.2 Å². The maximum atomic E-state index is 13.0. The molecule has 5 aromatic rings. The molecule has 2 heterocycles. The Kier molecular flexibility index (Phi) is 5.31. The first-order valence-electron chi connectivity index (χ1n) is 11.8. The molecule has 182 valence electrons. The monoisotopic (exact) mass is 514 g/mol. The molecule has 0 radical (unpaired) electrons. The average molecular weight is 515 g/mol. The molecule has 36 heavy (non-hydrogen) atoms. The van der Waals surface area contributed by atoms with Crippen molar-refractivity contribution < 1.29 is 8.83 Å². The van der Waals surface area contributed by atoms with Crippen LogP contribution in [0, 0.1) is 0 Å². The lowest BCUT2D eigenvalue weighted by Gasteiger charge is -2.18. The van der Waals surface area contributed by atoms with Crippen molar-refractivity contribution in [2.45, 2.75) is 39.3 Å². The Morgan fingerprint density at radius 3 is 0.917 bits per heavy atom. The summed E-state index contributed by atoms with van der Waals surface area (Å²) < 4.78 is 10.1. The van der Waals surface area contributed by atoms with Gasteiger partial charge < -0.3 is 8.83 Å². The van der Waals surface area contributed by atoms with Crippen molar-refractivity contribution in [1.29, 1.82) is 0 Å². The Bertz CT molecular complexity index is 1640. The van der Waals surface area contributed by atoms with Crippen LogP contribution < -0.4 is 32.9 Å². The predicted octanol–water partition coefficient (Wildman–Crippen LogP) is 3.92. The molecule has 3 aromatic carbocycles. The summed E-state index contributed by atoms with van der Waals surface area (Å²) in [6.07, 6.45) is 0. The van der Waals surface area contributed by atoms with Gasteiger partial charge in [0, 0.05) is 11.1 Å². The minimum Gasteiger partial charge on any atom is -0.386 e. The molecule has 0 bridgehead atoms. The minimum atomic E-state index is -1.61. The smallest absolute Gasteiger partial charge is 0.347 e. The van der Waals surface area contributed by atoms with Crippen LogP contribution in [0.5, 0.6) is 0 Å². The third-order valence-electron chi connectivity index (χ3n) is 6.77. The van der Waals surface area contributed by atoms with Crippen LogP contribution in [0.15, 0.2) is 76.5 Å². The molecule has 0 spiro atoms. The third kappa shape index (κ3) is 3.68. The van der Waals surface area contributed by atoms with E-state index in [1.807, 2.05) is 48.5 Å². The summed E-state index contributed by atoms with van der Waals surface area (Å²) in [4.78, 5) is 51.9. The molecule has 2 aromatic heterocycles. The zero-order valence-corrected chi connectivity index (χ0v) is 23.1. The molecule has 8 heteroatoms. The molecule has 5 rings (SSSR count). The van der Waals surface area contributed by atoms with E-state index in [4.69, 9.17) is 8.83 Å². The molecule has 0 unspecified atom stereocenters. The van der Waals surface area contributed by atoms with Gasteiger partial charge >= 0.3 is 22.5 Å². The van der Waals surface area contributed by atoms with Crippen LogP contribution in [0.1, 0.15) is 0 Å². The quantitative estimate of drug-likeness (QED) is 0.338. The fraction of sp³-hybridized carbons (Fsp3) is 0.214. The van der Waals surface area contributed by atoms with E-state index in [0.29, 0.717) is 11.1 Å². The van der Waals surface area contributed by atoms with Gasteiger partial charge in [-0.2, -0.15) is 0 Å². The summed E-state index contributed by atoms with van der Waals surface area (Å²) in [5.74, 6) is 0. The van der Waals surface area contributed by atoms with Crippen molar-refractivity contribution in [3.8, 4) is 22.3 Å². The molecule has 0 amide bonds. The highest BCUT2D eigenvalue weighted by Crippen LogP contribution is 2.39. The van der Waals surface area contributed by atoms with Gasteiger partial charge in [-0.25, -0.2) is 19.2 Å². The standard InChI is InChI=1S/C28H26O6Si2/c1-35(2,3)17-11-7-15(8-12-17)19-21-23(27(31)33-25(21)29)20(24-22(19)26(30)34-28(24)32)16-9-13-18(14-10-16)36(4,5)6/h7-14H,1-6H3. The lowest BCUT2D eigenvalue weighted by atomic mass is 9.89. The lowest BCUT2D eigenvalue weighted by molar-refractivity contribution is 0.499. The molecular formula is C28H26O6Si2. The van der Waals surface area contributed by atoms with Crippen LogP contribution in [0.3, 0.4) is 0 Å². The van der Waals surface area contributed by atoms with Crippen LogP contribution in [0.25, 0.3) is 43.8 Å². The largest absolute Gasteiger partial charge is 0.386 e. The van der Waals surface area contributed by atoms with E-state index >= 15 is 0 Å². The van der Waals surface area contributed by atoms with Gasteiger partial charge in [0.05, 0.1) is 37.7 Å². The van der Waals surface area contributed by atoms with Crippen molar-refractivity contribution >= 4 is 48.1 Å². The summed E-state index contributed by atoms with van der Waals surface area (Å²) in [5.41, 5.74) is -1.86. The Balaban J connectivity index is 1.94. The van der Waals surface area contributed by atoms with Gasteiger partial charge in [0.25, 0.3) is 0 Å². The average Bonchev–Trinajstić information content (AvgIpc) is 3.26. The molecule has 0 atom stereocenters. The number of benzene rings is 3. The summed E-state index contributed by atoms with van der Waals surface area (Å²) in [6, 6.07) is 15.1. The first kappa shape index (κ1) is 24.1. The molecule has 0 aliphatic heterocycles. The molecule has 0 saturated carbocycles. The summed E-state index contributed by atoms with van der Waals surface area (Å²) in [5, 5.41) is 2.36. The maximum Gasteiger partial charge on any atom is 0.347 e. The van der Waals surface area contributed by atoms with Crippen molar-refractivity contribution in [2.75, 3.05) is 0 Å².